The number of benzene rings is 2. The average molecular weight is 396 g/mol. The minimum absolute atomic E-state index is 0.0227. The van der Waals surface area contributed by atoms with Gasteiger partial charge in [-0.1, -0.05) is 12.1 Å². The van der Waals surface area contributed by atoms with Crippen LogP contribution in [0.15, 0.2) is 60.8 Å². The summed E-state index contributed by atoms with van der Waals surface area (Å²) in [6.07, 6.45) is 1.53. The molecule has 0 saturated heterocycles. The van der Waals surface area contributed by atoms with E-state index in [0.717, 1.165) is 0 Å². The largest absolute Gasteiger partial charge is 0.439 e. The second kappa shape index (κ2) is 8.79. The number of urea groups is 1. The Hall–Kier alpha value is -4.01. The molecule has 0 unspecified atom stereocenters. The highest BCUT2D eigenvalue weighted by molar-refractivity contribution is 5.89. The Bertz CT molecular complexity index is 1060. The van der Waals surface area contributed by atoms with E-state index in [0.29, 0.717) is 16.8 Å². The number of anilines is 1. The second-order valence-corrected chi connectivity index (χ2v) is 6.09. The third-order valence-corrected chi connectivity index (χ3v) is 3.95. The number of hydrogen-bond acceptors (Lipinski definition) is 5. The minimum atomic E-state index is -0.501. The Morgan fingerprint density at radius 2 is 2.03 bits per heavy atom. The van der Waals surface area contributed by atoms with Crippen LogP contribution in [0.3, 0.4) is 0 Å². The first-order valence-corrected chi connectivity index (χ1v) is 8.59. The molecule has 3 aromatic rings. The van der Waals surface area contributed by atoms with E-state index in [1.165, 1.54) is 42.6 Å². The summed E-state index contributed by atoms with van der Waals surface area (Å²) in [6.45, 7) is 1.70. The molecule has 0 aliphatic carbocycles. The predicted octanol–water partition coefficient (Wildman–Crippen LogP) is 4.55. The van der Waals surface area contributed by atoms with Gasteiger partial charge in [0.2, 0.25) is 5.88 Å². The number of nitro groups is 1. The lowest BCUT2D eigenvalue weighted by Crippen LogP contribution is -2.28. The molecular formula is C20H17FN4O4. The number of pyridine rings is 1. The molecule has 1 aromatic heterocycles. The van der Waals surface area contributed by atoms with Crippen LogP contribution in [0.25, 0.3) is 0 Å². The molecule has 0 saturated carbocycles. The van der Waals surface area contributed by atoms with Gasteiger partial charge in [0.05, 0.1) is 4.92 Å². The van der Waals surface area contributed by atoms with Gasteiger partial charge in [-0.25, -0.2) is 14.2 Å². The van der Waals surface area contributed by atoms with E-state index in [1.807, 2.05) is 0 Å². The molecule has 29 heavy (non-hydrogen) atoms. The number of halogens is 1. The molecule has 0 radical (unpaired) electrons. The van der Waals surface area contributed by atoms with Crippen LogP contribution in [0, 0.1) is 22.9 Å². The summed E-state index contributed by atoms with van der Waals surface area (Å²) in [5, 5.41) is 16.1. The summed E-state index contributed by atoms with van der Waals surface area (Å²) >= 11 is 0. The zero-order valence-corrected chi connectivity index (χ0v) is 15.4. The van der Waals surface area contributed by atoms with Crippen molar-refractivity contribution in [3.63, 3.8) is 0 Å². The highest BCUT2D eigenvalue weighted by atomic mass is 19.1. The van der Waals surface area contributed by atoms with Gasteiger partial charge in [0.15, 0.2) is 0 Å². The first-order chi connectivity index (χ1) is 13.9. The molecule has 0 bridgehead atoms. The monoisotopic (exact) mass is 396 g/mol. The topological polar surface area (TPSA) is 106 Å². The maximum Gasteiger partial charge on any atom is 0.319 e. The number of nitro benzene ring substituents is 1. The molecule has 1 heterocycles. The smallest absolute Gasteiger partial charge is 0.319 e. The first-order valence-electron chi connectivity index (χ1n) is 8.59. The van der Waals surface area contributed by atoms with Crippen LogP contribution in [0.2, 0.25) is 0 Å². The second-order valence-electron chi connectivity index (χ2n) is 6.09. The number of aryl methyl sites for hydroxylation is 1. The number of nitrogens with one attached hydrogen (secondary N) is 2. The van der Waals surface area contributed by atoms with E-state index >= 15 is 0 Å². The molecule has 9 heteroatoms. The Morgan fingerprint density at radius 1 is 1.21 bits per heavy atom. The third kappa shape index (κ3) is 5.25. The lowest BCUT2D eigenvalue weighted by Gasteiger charge is -2.12. The lowest BCUT2D eigenvalue weighted by atomic mass is 10.2. The highest BCUT2D eigenvalue weighted by Crippen LogP contribution is 2.24. The van der Waals surface area contributed by atoms with Crippen LogP contribution in [-0.2, 0) is 6.54 Å². The molecule has 0 atom stereocenters. The molecule has 0 spiro atoms. The first kappa shape index (κ1) is 19.7. The molecule has 2 N–H and O–H groups in total. The van der Waals surface area contributed by atoms with Gasteiger partial charge < -0.3 is 15.4 Å². The number of nitrogens with zero attached hydrogens (tertiary/aromatic N) is 2. The van der Waals surface area contributed by atoms with Gasteiger partial charge in [-0.15, -0.1) is 0 Å². The van der Waals surface area contributed by atoms with Crippen molar-refractivity contribution in [2.75, 3.05) is 5.32 Å². The summed E-state index contributed by atoms with van der Waals surface area (Å²) in [7, 11) is 0. The van der Waals surface area contributed by atoms with E-state index in [9.17, 15) is 19.3 Å². The van der Waals surface area contributed by atoms with E-state index in [4.69, 9.17) is 4.74 Å². The number of aromatic nitrogens is 1. The molecule has 2 aromatic carbocycles. The third-order valence-electron chi connectivity index (χ3n) is 3.95. The molecule has 2 amide bonds. The lowest BCUT2D eigenvalue weighted by molar-refractivity contribution is -0.385. The van der Waals surface area contributed by atoms with Gasteiger partial charge in [0.25, 0.3) is 5.69 Å². The molecule has 8 nitrogen and oxygen atoms in total. The van der Waals surface area contributed by atoms with Crippen LogP contribution in [0.5, 0.6) is 11.6 Å². The minimum Gasteiger partial charge on any atom is -0.439 e. The van der Waals surface area contributed by atoms with Crippen molar-refractivity contribution in [3.8, 4) is 11.6 Å². The molecule has 0 fully saturated rings. The van der Waals surface area contributed by atoms with Crippen molar-refractivity contribution in [1.29, 1.82) is 0 Å². The molecule has 0 aliphatic rings. The number of carbonyl (C=O) groups is 1. The van der Waals surface area contributed by atoms with Gasteiger partial charge in [-0.2, -0.15) is 0 Å². The maximum atomic E-state index is 13.3. The summed E-state index contributed by atoms with van der Waals surface area (Å²) in [5.41, 5.74) is 1.43. The molecular weight excluding hydrogens is 379 g/mol. The Kier molecular flexibility index (Phi) is 5.98. The van der Waals surface area contributed by atoms with Crippen molar-refractivity contribution in [2.45, 2.75) is 13.5 Å². The number of amides is 2. The van der Waals surface area contributed by atoms with Crippen molar-refractivity contribution < 1.29 is 18.8 Å². The molecule has 0 aliphatic heterocycles. The normalized spacial score (nSPS) is 10.3. The Balaban J connectivity index is 1.63. The van der Waals surface area contributed by atoms with Crippen molar-refractivity contribution in [2.24, 2.45) is 0 Å². The SMILES string of the molecule is Cc1cc(NC(=O)NCc2cccnc2Oc2cccc(F)c2)ccc1[N+](=O)[O-]. The molecule has 3 rings (SSSR count). The summed E-state index contributed by atoms with van der Waals surface area (Å²) in [4.78, 5) is 26.7. The predicted molar refractivity (Wildman–Crippen MR) is 104 cm³/mol. The fourth-order valence-electron chi connectivity index (χ4n) is 2.58. The van der Waals surface area contributed by atoms with Gasteiger partial charge in [0, 0.05) is 41.7 Å². The van der Waals surface area contributed by atoms with E-state index in [2.05, 4.69) is 15.6 Å². The van der Waals surface area contributed by atoms with Crippen LogP contribution in [0.1, 0.15) is 11.1 Å². The van der Waals surface area contributed by atoms with E-state index < -0.39 is 16.8 Å². The van der Waals surface area contributed by atoms with Crippen molar-refractivity contribution in [1.82, 2.24) is 10.3 Å². The van der Waals surface area contributed by atoms with Gasteiger partial charge in [-0.3, -0.25) is 10.1 Å². The zero-order chi connectivity index (χ0) is 20.8. The fraction of sp³-hybridized carbons (Fsp3) is 0.100. The van der Waals surface area contributed by atoms with Gasteiger partial charge in [0.1, 0.15) is 11.6 Å². The van der Waals surface area contributed by atoms with Crippen molar-refractivity contribution >= 4 is 17.4 Å². The summed E-state index contributed by atoms with van der Waals surface area (Å²) in [5.74, 6) is 0.0937. The van der Waals surface area contributed by atoms with Gasteiger partial charge >= 0.3 is 6.03 Å². The van der Waals surface area contributed by atoms with Crippen molar-refractivity contribution in [3.05, 3.63) is 87.9 Å². The fourth-order valence-corrected chi connectivity index (χ4v) is 2.58. The zero-order valence-electron chi connectivity index (χ0n) is 15.4. The Morgan fingerprint density at radius 3 is 2.76 bits per heavy atom. The Labute approximate surface area is 165 Å². The number of rotatable bonds is 6. The highest BCUT2D eigenvalue weighted by Gasteiger charge is 2.12. The van der Waals surface area contributed by atoms with E-state index in [1.54, 1.807) is 25.1 Å². The number of hydrogen-bond donors (Lipinski definition) is 2. The standard InChI is InChI=1S/C20H17FN4O4/c1-13-10-16(7-8-18(13)25(27)28)24-20(26)23-12-14-4-3-9-22-19(14)29-17-6-2-5-15(21)11-17/h2-11H,12H2,1H3,(H2,23,24,26). The van der Waals surface area contributed by atoms with E-state index in [-0.39, 0.29) is 23.9 Å². The average Bonchev–Trinajstić information content (AvgIpc) is 2.67. The summed E-state index contributed by atoms with van der Waals surface area (Å²) < 4.78 is 18.9. The summed E-state index contributed by atoms with van der Waals surface area (Å²) in [6, 6.07) is 12.9. The van der Waals surface area contributed by atoms with Crippen LogP contribution in [-0.4, -0.2) is 15.9 Å². The quantitative estimate of drug-likeness (QED) is 0.470. The molecule has 148 valence electrons. The van der Waals surface area contributed by atoms with Gasteiger partial charge in [-0.05, 0) is 37.3 Å². The maximum absolute atomic E-state index is 13.3. The van der Waals surface area contributed by atoms with Crippen LogP contribution in [0.4, 0.5) is 20.6 Å². The number of ether oxygens (including phenoxy) is 1. The number of carbonyl (C=O) groups excluding carboxylic acids is 1. The van der Waals surface area contributed by atoms with Crippen LogP contribution < -0.4 is 15.4 Å². The van der Waals surface area contributed by atoms with Crippen LogP contribution >= 0.6 is 0 Å².